The molecular formula is C20H23FIN5OS. The Bertz CT molecular complexity index is 945. The Hall–Kier alpha value is -2.27. The summed E-state index contributed by atoms with van der Waals surface area (Å²) >= 11 is 1.66. The zero-order valence-electron chi connectivity index (χ0n) is 16.4. The number of nitrogens with zero attached hydrogens (tertiary/aromatic N) is 3. The first-order valence-corrected chi connectivity index (χ1v) is 9.60. The second kappa shape index (κ2) is 11.1. The summed E-state index contributed by atoms with van der Waals surface area (Å²) in [7, 11) is 1.69. The van der Waals surface area contributed by atoms with Crippen molar-refractivity contribution in [2.24, 2.45) is 4.99 Å². The number of rotatable bonds is 6. The highest BCUT2D eigenvalue weighted by Crippen LogP contribution is 2.24. The molecule has 29 heavy (non-hydrogen) atoms. The number of guanidine groups is 1. The molecule has 3 aromatic rings. The highest BCUT2D eigenvalue weighted by molar-refractivity contribution is 14.0. The van der Waals surface area contributed by atoms with Gasteiger partial charge in [-0.2, -0.15) is 0 Å². The summed E-state index contributed by atoms with van der Waals surface area (Å²) < 4.78 is 19.8. The Morgan fingerprint density at radius 2 is 2.00 bits per heavy atom. The lowest BCUT2D eigenvalue weighted by Gasteiger charge is -2.12. The van der Waals surface area contributed by atoms with Gasteiger partial charge < -0.3 is 15.4 Å². The van der Waals surface area contributed by atoms with Crippen LogP contribution < -0.4 is 15.4 Å². The third-order valence-corrected chi connectivity index (χ3v) is 5.09. The molecule has 0 bridgehead atoms. The predicted octanol–water partition coefficient (Wildman–Crippen LogP) is 4.57. The van der Waals surface area contributed by atoms with Gasteiger partial charge in [-0.1, -0.05) is 6.07 Å². The van der Waals surface area contributed by atoms with Crippen molar-refractivity contribution in [3.05, 3.63) is 69.7 Å². The van der Waals surface area contributed by atoms with Crippen molar-refractivity contribution in [1.82, 2.24) is 20.6 Å². The van der Waals surface area contributed by atoms with Gasteiger partial charge in [0, 0.05) is 24.7 Å². The summed E-state index contributed by atoms with van der Waals surface area (Å²) in [4.78, 5) is 13.8. The van der Waals surface area contributed by atoms with Gasteiger partial charge in [-0.15, -0.1) is 35.3 Å². The SMILES string of the molecule is CN=C(NCc1ccc(Oc2cccnc2)c(F)c1)NCc1nc(C)c(C)s1.I. The second-order valence-electron chi connectivity index (χ2n) is 6.08. The van der Waals surface area contributed by atoms with Crippen LogP contribution in [-0.4, -0.2) is 23.0 Å². The lowest BCUT2D eigenvalue weighted by atomic mass is 10.2. The number of hydrogen-bond acceptors (Lipinski definition) is 5. The zero-order chi connectivity index (χ0) is 19.9. The van der Waals surface area contributed by atoms with Crippen molar-refractivity contribution in [3.8, 4) is 11.5 Å². The molecule has 0 aliphatic carbocycles. The molecule has 154 valence electrons. The van der Waals surface area contributed by atoms with E-state index in [0.717, 1.165) is 16.3 Å². The van der Waals surface area contributed by atoms with E-state index in [4.69, 9.17) is 4.74 Å². The highest BCUT2D eigenvalue weighted by atomic mass is 127. The summed E-state index contributed by atoms with van der Waals surface area (Å²) in [6, 6.07) is 8.32. The number of pyridine rings is 1. The minimum absolute atomic E-state index is 0. The van der Waals surface area contributed by atoms with Crippen LogP contribution in [0.25, 0.3) is 0 Å². The first-order chi connectivity index (χ1) is 13.5. The smallest absolute Gasteiger partial charge is 0.191 e. The van der Waals surface area contributed by atoms with E-state index < -0.39 is 5.82 Å². The standard InChI is InChI=1S/C20H22FN5OS.HI/c1-13-14(2)28-19(26-13)12-25-20(22-3)24-10-15-6-7-18(17(21)9-15)27-16-5-4-8-23-11-16;/h4-9,11H,10,12H2,1-3H3,(H2,22,24,25);1H. The van der Waals surface area contributed by atoms with Gasteiger partial charge in [0.05, 0.1) is 18.4 Å². The highest BCUT2D eigenvalue weighted by Gasteiger charge is 2.08. The molecule has 2 aromatic heterocycles. The van der Waals surface area contributed by atoms with E-state index in [0.29, 0.717) is 24.8 Å². The topological polar surface area (TPSA) is 71.4 Å². The second-order valence-corrected chi connectivity index (χ2v) is 7.37. The Labute approximate surface area is 190 Å². The van der Waals surface area contributed by atoms with Crippen LogP contribution in [0.5, 0.6) is 11.5 Å². The lowest BCUT2D eigenvalue weighted by Crippen LogP contribution is -2.36. The van der Waals surface area contributed by atoms with Crippen LogP contribution in [0.1, 0.15) is 21.1 Å². The van der Waals surface area contributed by atoms with Gasteiger partial charge in [0.15, 0.2) is 17.5 Å². The number of nitrogens with one attached hydrogen (secondary N) is 2. The largest absolute Gasteiger partial charge is 0.453 e. The zero-order valence-corrected chi connectivity index (χ0v) is 19.5. The van der Waals surface area contributed by atoms with Gasteiger partial charge in [0.2, 0.25) is 0 Å². The van der Waals surface area contributed by atoms with Gasteiger partial charge in [0.1, 0.15) is 10.8 Å². The number of hydrogen-bond donors (Lipinski definition) is 2. The summed E-state index contributed by atoms with van der Waals surface area (Å²) in [5, 5.41) is 7.39. The molecule has 0 atom stereocenters. The first-order valence-electron chi connectivity index (χ1n) is 8.79. The van der Waals surface area contributed by atoms with Crippen molar-refractivity contribution < 1.29 is 9.13 Å². The van der Waals surface area contributed by atoms with Gasteiger partial charge in [-0.3, -0.25) is 9.98 Å². The maximum absolute atomic E-state index is 14.3. The van der Waals surface area contributed by atoms with E-state index in [1.165, 1.54) is 17.1 Å². The van der Waals surface area contributed by atoms with Crippen LogP contribution in [0.3, 0.4) is 0 Å². The average molecular weight is 527 g/mol. The number of aromatic nitrogens is 2. The first kappa shape index (κ1) is 23.0. The minimum atomic E-state index is -0.431. The van der Waals surface area contributed by atoms with Crippen LogP contribution in [0.4, 0.5) is 4.39 Å². The molecule has 0 fully saturated rings. The summed E-state index contributed by atoms with van der Waals surface area (Å²) in [5.41, 5.74) is 1.83. The molecule has 6 nitrogen and oxygen atoms in total. The number of halogens is 2. The van der Waals surface area contributed by atoms with Crippen LogP contribution in [-0.2, 0) is 13.1 Å². The fourth-order valence-corrected chi connectivity index (χ4v) is 3.33. The van der Waals surface area contributed by atoms with E-state index >= 15 is 0 Å². The number of benzene rings is 1. The van der Waals surface area contributed by atoms with Crippen molar-refractivity contribution in [2.75, 3.05) is 7.05 Å². The van der Waals surface area contributed by atoms with E-state index in [9.17, 15) is 4.39 Å². The van der Waals surface area contributed by atoms with Gasteiger partial charge >= 0.3 is 0 Å². The number of aryl methyl sites for hydroxylation is 2. The van der Waals surface area contributed by atoms with Crippen LogP contribution >= 0.6 is 35.3 Å². The lowest BCUT2D eigenvalue weighted by molar-refractivity contribution is 0.440. The number of ether oxygens (including phenoxy) is 1. The molecule has 0 spiro atoms. The molecule has 0 saturated carbocycles. The van der Waals surface area contributed by atoms with Gasteiger partial charge in [0.25, 0.3) is 0 Å². The van der Waals surface area contributed by atoms with Crippen molar-refractivity contribution in [1.29, 1.82) is 0 Å². The molecular weight excluding hydrogens is 504 g/mol. The normalized spacial score (nSPS) is 11.0. The Morgan fingerprint density at radius 3 is 2.62 bits per heavy atom. The van der Waals surface area contributed by atoms with Gasteiger partial charge in [-0.25, -0.2) is 9.37 Å². The minimum Gasteiger partial charge on any atom is -0.453 e. The molecule has 2 N–H and O–H groups in total. The Balaban J connectivity index is 0.00000300. The predicted molar refractivity (Wildman–Crippen MR) is 125 cm³/mol. The van der Waals surface area contributed by atoms with E-state index in [1.54, 1.807) is 42.8 Å². The number of thiazole rings is 1. The molecule has 0 amide bonds. The molecule has 2 heterocycles. The summed E-state index contributed by atoms with van der Waals surface area (Å²) in [5.74, 6) is 0.847. The Morgan fingerprint density at radius 1 is 1.21 bits per heavy atom. The van der Waals surface area contributed by atoms with Crippen molar-refractivity contribution in [3.63, 3.8) is 0 Å². The third kappa shape index (κ3) is 6.64. The fraction of sp³-hybridized carbons (Fsp3) is 0.250. The van der Waals surface area contributed by atoms with Crippen molar-refractivity contribution >= 4 is 41.3 Å². The summed E-state index contributed by atoms with van der Waals surface area (Å²) in [6.45, 7) is 5.07. The van der Waals surface area contributed by atoms with E-state index in [2.05, 4.69) is 32.5 Å². The van der Waals surface area contributed by atoms with Crippen LogP contribution in [0, 0.1) is 19.7 Å². The molecule has 0 unspecified atom stereocenters. The Kier molecular flexibility index (Phi) is 8.77. The van der Waals surface area contributed by atoms with Crippen molar-refractivity contribution in [2.45, 2.75) is 26.9 Å². The molecule has 0 aliphatic heterocycles. The molecule has 1 aromatic carbocycles. The quantitative estimate of drug-likeness (QED) is 0.279. The molecule has 0 radical (unpaired) electrons. The average Bonchev–Trinajstić information content (AvgIpc) is 3.02. The van der Waals surface area contributed by atoms with Crippen LogP contribution in [0.15, 0.2) is 47.7 Å². The monoisotopic (exact) mass is 527 g/mol. The van der Waals surface area contributed by atoms with E-state index in [1.807, 2.05) is 13.0 Å². The molecule has 3 rings (SSSR count). The molecule has 0 aliphatic rings. The summed E-state index contributed by atoms with van der Waals surface area (Å²) in [6.07, 6.45) is 3.17. The fourth-order valence-electron chi connectivity index (χ4n) is 2.45. The maximum Gasteiger partial charge on any atom is 0.191 e. The third-order valence-electron chi connectivity index (χ3n) is 4.02. The van der Waals surface area contributed by atoms with Gasteiger partial charge in [-0.05, 0) is 43.7 Å². The van der Waals surface area contributed by atoms with E-state index in [-0.39, 0.29) is 29.7 Å². The maximum atomic E-state index is 14.3. The van der Waals surface area contributed by atoms with Crippen LogP contribution in [0.2, 0.25) is 0 Å². The molecule has 0 saturated heterocycles. The molecule has 9 heteroatoms. The number of aliphatic imine (C=N–C) groups is 1.